The summed E-state index contributed by atoms with van der Waals surface area (Å²) >= 11 is 0. The number of esters is 1. The van der Waals surface area contributed by atoms with Gasteiger partial charge in [-0.05, 0) is 25.7 Å². The smallest absolute Gasteiger partial charge is 0.305 e. The summed E-state index contributed by atoms with van der Waals surface area (Å²) in [7, 11) is 0. The third kappa shape index (κ3) is 60.1. The van der Waals surface area contributed by atoms with E-state index in [0.29, 0.717) is 25.9 Å². The molecule has 6 heteroatoms. The highest BCUT2D eigenvalue weighted by atomic mass is 16.5. The van der Waals surface area contributed by atoms with E-state index in [1.807, 2.05) is 0 Å². The average Bonchev–Trinajstić information content (AvgIpc) is 3.40. The fourth-order valence-electron chi connectivity index (χ4n) is 11.2. The van der Waals surface area contributed by atoms with Crippen LogP contribution in [0.4, 0.5) is 0 Å². The topological polar surface area (TPSA) is 95.9 Å². The van der Waals surface area contributed by atoms with Crippen molar-refractivity contribution in [2.24, 2.45) is 0 Å². The molecule has 2 unspecified atom stereocenters. The fourth-order valence-corrected chi connectivity index (χ4v) is 11.2. The summed E-state index contributed by atoms with van der Waals surface area (Å²) in [5.41, 5.74) is 0. The first-order chi connectivity index (χ1) is 36.5. The zero-order chi connectivity index (χ0) is 53.6. The first-order valence-corrected chi connectivity index (χ1v) is 34.3. The lowest BCUT2D eigenvalue weighted by Gasteiger charge is -2.22. The fraction of sp³-hybridized carbons (Fsp3) is 0.971. The van der Waals surface area contributed by atoms with Crippen molar-refractivity contribution in [3.8, 4) is 0 Å². The maximum absolute atomic E-state index is 12.5. The van der Waals surface area contributed by atoms with E-state index in [1.165, 1.54) is 327 Å². The second kappa shape index (κ2) is 64.4. The molecule has 0 spiro atoms. The number of aliphatic hydroxyl groups excluding tert-OH is 2. The summed E-state index contributed by atoms with van der Waals surface area (Å²) in [4.78, 5) is 24.6. The summed E-state index contributed by atoms with van der Waals surface area (Å²) in [6.07, 6.45) is 77.1. The van der Waals surface area contributed by atoms with Crippen LogP contribution in [0.15, 0.2) is 0 Å². The number of ether oxygens (including phenoxy) is 1. The highest BCUT2D eigenvalue weighted by molar-refractivity contribution is 5.76. The van der Waals surface area contributed by atoms with Gasteiger partial charge < -0.3 is 20.3 Å². The molecule has 0 heterocycles. The lowest BCUT2D eigenvalue weighted by Crippen LogP contribution is -2.45. The van der Waals surface area contributed by atoms with Crippen molar-refractivity contribution in [1.29, 1.82) is 0 Å². The standard InChI is InChI=1S/C68H135NO5/c1-3-5-7-9-11-13-15-17-19-21-29-32-36-40-44-48-52-56-60-66(71)65(64-70)69-67(72)61-57-53-49-45-41-37-33-30-26-24-22-23-25-27-31-35-39-43-47-51-55-59-63-74-68(73)62-58-54-50-46-42-38-34-28-20-18-16-14-12-10-8-6-4-2/h65-66,70-71H,3-64H2,1-2H3,(H,69,72). The monoisotopic (exact) mass is 1050 g/mol. The Morgan fingerprint density at radius 2 is 0.554 bits per heavy atom. The summed E-state index contributed by atoms with van der Waals surface area (Å²) in [5, 5.41) is 23.4. The molecule has 0 saturated heterocycles. The number of rotatable bonds is 65. The van der Waals surface area contributed by atoms with Gasteiger partial charge in [-0.3, -0.25) is 9.59 Å². The second-order valence-corrected chi connectivity index (χ2v) is 23.9. The van der Waals surface area contributed by atoms with Crippen LogP contribution in [0.2, 0.25) is 0 Å². The van der Waals surface area contributed by atoms with E-state index < -0.39 is 12.1 Å². The van der Waals surface area contributed by atoms with Gasteiger partial charge in [-0.1, -0.05) is 361 Å². The lowest BCUT2D eigenvalue weighted by atomic mass is 10.0. The van der Waals surface area contributed by atoms with E-state index in [2.05, 4.69) is 19.2 Å². The van der Waals surface area contributed by atoms with Crippen molar-refractivity contribution in [1.82, 2.24) is 5.32 Å². The van der Waals surface area contributed by atoms with Crippen molar-refractivity contribution in [3.63, 3.8) is 0 Å². The summed E-state index contributed by atoms with van der Waals surface area (Å²) in [5.74, 6) is -0.0118. The van der Waals surface area contributed by atoms with E-state index in [-0.39, 0.29) is 18.5 Å². The van der Waals surface area contributed by atoms with Crippen molar-refractivity contribution in [2.75, 3.05) is 13.2 Å². The van der Waals surface area contributed by atoms with Gasteiger partial charge in [0.2, 0.25) is 5.91 Å². The Bertz CT molecular complexity index is 1070. The normalized spacial score (nSPS) is 12.4. The van der Waals surface area contributed by atoms with Gasteiger partial charge in [-0.2, -0.15) is 0 Å². The van der Waals surface area contributed by atoms with Crippen LogP contribution in [-0.2, 0) is 14.3 Å². The van der Waals surface area contributed by atoms with E-state index in [9.17, 15) is 19.8 Å². The van der Waals surface area contributed by atoms with Gasteiger partial charge in [0, 0.05) is 12.8 Å². The SMILES string of the molecule is CCCCCCCCCCCCCCCCCCCCC(O)C(CO)NC(=O)CCCCCCCCCCCCCCCCCCCCCCCCOC(=O)CCCCCCCCCCCCCCCCCCC. The molecular weight excluding hydrogens is 911 g/mol. The van der Waals surface area contributed by atoms with E-state index in [4.69, 9.17) is 4.74 Å². The summed E-state index contributed by atoms with van der Waals surface area (Å²) in [6, 6.07) is -0.541. The maximum atomic E-state index is 12.5. The Morgan fingerprint density at radius 3 is 0.824 bits per heavy atom. The van der Waals surface area contributed by atoms with E-state index in [1.54, 1.807) is 0 Å². The van der Waals surface area contributed by atoms with Crippen LogP contribution >= 0.6 is 0 Å². The molecule has 0 aliphatic carbocycles. The van der Waals surface area contributed by atoms with Crippen molar-refractivity contribution in [3.05, 3.63) is 0 Å². The Labute approximate surface area is 464 Å². The Kier molecular flexibility index (Phi) is 63.4. The Balaban J connectivity index is 3.35. The van der Waals surface area contributed by atoms with Crippen LogP contribution in [0.25, 0.3) is 0 Å². The Hall–Kier alpha value is -1.14. The molecule has 0 aliphatic rings. The molecule has 0 aromatic heterocycles. The molecule has 0 rings (SSSR count). The third-order valence-electron chi connectivity index (χ3n) is 16.4. The van der Waals surface area contributed by atoms with E-state index >= 15 is 0 Å². The first-order valence-electron chi connectivity index (χ1n) is 34.3. The largest absolute Gasteiger partial charge is 0.466 e. The first kappa shape index (κ1) is 72.9. The molecule has 74 heavy (non-hydrogen) atoms. The molecule has 0 aromatic carbocycles. The van der Waals surface area contributed by atoms with Crippen LogP contribution in [0.5, 0.6) is 0 Å². The number of aliphatic hydroxyl groups is 2. The highest BCUT2D eigenvalue weighted by Gasteiger charge is 2.20. The number of hydrogen-bond acceptors (Lipinski definition) is 5. The molecule has 0 radical (unpaired) electrons. The summed E-state index contributed by atoms with van der Waals surface area (Å²) in [6.45, 7) is 5.00. The van der Waals surface area contributed by atoms with Gasteiger partial charge in [0.05, 0.1) is 25.4 Å². The van der Waals surface area contributed by atoms with Crippen LogP contribution in [-0.4, -0.2) is 47.4 Å². The molecule has 0 bridgehead atoms. The predicted octanol–water partition coefficient (Wildman–Crippen LogP) is 21.8. The number of amides is 1. The van der Waals surface area contributed by atoms with Gasteiger partial charge in [0.25, 0.3) is 0 Å². The predicted molar refractivity (Wildman–Crippen MR) is 324 cm³/mol. The highest BCUT2D eigenvalue weighted by Crippen LogP contribution is 2.19. The minimum atomic E-state index is -0.664. The van der Waals surface area contributed by atoms with Crippen LogP contribution in [0.1, 0.15) is 399 Å². The quantitative estimate of drug-likeness (QED) is 0.0417. The zero-order valence-electron chi connectivity index (χ0n) is 50.6. The van der Waals surface area contributed by atoms with Crippen molar-refractivity contribution in [2.45, 2.75) is 411 Å². The van der Waals surface area contributed by atoms with Crippen molar-refractivity contribution < 1.29 is 24.5 Å². The van der Waals surface area contributed by atoms with Crippen molar-refractivity contribution >= 4 is 11.9 Å². The molecule has 0 aliphatic heterocycles. The minimum absolute atomic E-state index is 0.0187. The summed E-state index contributed by atoms with van der Waals surface area (Å²) < 4.78 is 5.51. The molecule has 2 atom stereocenters. The van der Waals surface area contributed by atoms with Crippen LogP contribution in [0.3, 0.4) is 0 Å². The molecule has 6 nitrogen and oxygen atoms in total. The molecule has 0 aromatic rings. The average molecular weight is 1050 g/mol. The molecule has 0 saturated carbocycles. The van der Waals surface area contributed by atoms with Crippen LogP contribution in [0, 0.1) is 0 Å². The maximum Gasteiger partial charge on any atom is 0.305 e. The van der Waals surface area contributed by atoms with Gasteiger partial charge in [0.1, 0.15) is 0 Å². The number of hydrogen-bond donors (Lipinski definition) is 3. The Morgan fingerprint density at radius 1 is 0.324 bits per heavy atom. The van der Waals surface area contributed by atoms with Gasteiger partial charge in [0.15, 0.2) is 0 Å². The number of carbonyl (C=O) groups is 2. The third-order valence-corrected chi connectivity index (χ3v) is 16.4. The lowest BCUT2D eigenvalue weighted by molar-refractivity contribution is -0.143. The van der Waals surface area contributed by atoms with Gasteiger partial charge in [-0.25, -0.2) is 0 Å². The molecule has 442 valence electrons. The molecule has 1 amide bonds. The van der Waals surface area contributed by atoms with Crippen LogP contribution < -0.4 is 5.32 Å². The number of carbonyl (C=O) groups excluding carboxylic acids is 2. The second-order valence-electron chi connectivity index (χ2n) is 23.9. The molecular formula is C68H135NO5. The van der Waals surface area contributed by atoms with Gasteiger partial charge in [-0.15, -0.1) is 0 Å². The zero-order valence-corrected chi connectivity index (χ0v) is 50.6. The van der Waals surface area contributed by atoms with Gasteiger partial charge >= 0.3 is 5.97 Å². The molecule has 0 fully saturated rings. The minimum Gasteiger partial charge on any atom is -0.466 e. The van der Waals surface area contributed by atoms with E-state index in [0.717, 1.165) is 38.5 Å². The number of unbranched alkanes of at least 4 members (excludes halogenated alkanes) is 54. The molecule has 3 N–H and O–H groups in total. The number of nitrogens with one attached hydrogen (secondary N) is 1.